The molecule has 1 atom stereocenters. The van der Waals surface area contributed by atoms with Crippen molar-refractivity contribution in [1.29, 1.82) is 0 Å². The number of carbonyl (C=O) groups excluding carboxylic acids is 1. The zero-order chi connectivity index (χ0) is 23.3. The minimum absolute atomic E-state index is 0.329. The molecule has 4 aromatic rings. The fourth-order valence-electron chi connectivity index (χ4n) is 4.69. The average Bonchev–Trinajstić information content (AvgIpc) is 3.30. The topological polar surface area (TPSA) is 99.1 Å². The van der Waals surface area contributed by atoms with Gasteiger partial charge in [-0.3, -0.25) is 14.2 Å². The summed E-state index contributed by atoms with van der Waals surface area (Å²) >= 11 is 1.23. The van der Waals surface area contributed by atoms with Crippen LogP contribution in [0.1, 0.15) is 36.1 Å². The Kier molecular flexibility index (Phi) is 4.97. The molecular formula is C25H24N4O3S. The molecule has 33 heavy (non-hydrogen) atoms. The second kappa shape index (κ2) is 7.74. The SMILES string of the molecule is Cc1c(N)sc2c1c(=O)n(C1(C)CCNC1=O)c(=O)n2C(c1ccccc1)c1ccccc1. The van der Waals surface area contributed by atoms with Crippen LogP contribution in [0.2, 0.25) is 0 Å². The second-order valence-corrected chi connectivity index (χ2v) is 9.60. The first-order chi connectivity index (χ1) is 15.8. The van der Waals surface area contributed by atoms with Gasteiger partial charge >= 0.3 is 5.69 Å². The van der Waals surface area contributed by atoms with Gasteiger partial charge in [-0.25, -0.2) is 9.36 Å². The molecule has 2 aromatic carbocycles. The number of aryl methyl sites for hydroxylation is 1. The molecule has 168 valence electrons. The van der Waals surface area contributed by atoms with E-state index in [1.807, 2.05) is 60.7 Å². The number of carbonyl (C=O) groups is 1. The van der Waals surface area contributed by atoms with E-state index in [0.717, 1.165) is 15.7 Å². The van der Waals surface area contributed by atoms with Crippen molar-refractivity contribution in [2.45, 2.75) is 31.8 Å². The van der Waals surface area contributed by atoms with Crippen LogP contribution in [0.15, 0.2) is 70.3 Å². The van der Waals surface area contributed by atoms with Crippen LogP contribution < -0.4 is 22.3 Å². The third-order valence-electron chi connectivity index (χ3n) is 6.57. The maximum absolute atomic E-state index is 14.2. The highest BCUT2D eigenvalue weighted by Gasteiger charge is 2.43. The number of fused-ring (bicyclic) bond motifs is 1. The molecular weight excluding hydrogens is 436 g/mol. The molecule has 1 saturated heterocycles. The Balaban J connectivity index is 1.95. The number of amides is 1. The summed E-state index contributed by atoms with van der Waals surface area (Å²) in [4.78, 5) is 41.2. The van der Waals surface area contributed by atoms with Gasteiger partial charge in [-0.05, 0) is 37.0 Å². The van der Waals surface area contributed by atoms with Crippen molar-refractivity contribution in [2.75, 3.05) is 12.3 Å². The Morgan fingerprint density at radius 3 is 2.09 bits per heavy atom. The largest absolute Gasteiger partial charge is 0.390 e. The van der Waals surface area contributed by atoms with Gasteiger partial charge in [-0.15, -0.1) is 0 Å². The van der Waals surface area contributed by atoms with Crippen molar-refractivity contribution in [2.24, 2.45) is 0 Å². The van der Waals surface area contributed by atoms with Crippen molar-refractivity contribution in [1.82, 2.24) is 14.5 Å². The Labute approximate surface area is 194 Å². The van der Waals surface area contributed by atoms with E-state index in [-0.39, 0.29) is 5.91 Å². The summed E-state index contributed by atoms with van der Waals surface area (Å²) in [6.07, 6.45) is 0.354. The highest BCUT2D eigenvalue weighted by atomic mass is 32.1. The third kappa shape index (κ3) is 3.13. The van der Waals surface area contributed by atoms with Crippen LogP contribution >= 0.6 is 11.3 Å². The Bertz CT molecular complexity index is 1450. The molecule has 2 aromatic heterocycles. The van der Waals surface area contributed by atoms with Gasteiger partial charge in [0.25, 0.3) is 5.56 Å². The van der Waals surface area contributed by atoms with Crippen LogP contribution in [0, 0.1) is 6.92 Å². The number of nitrogens with one attached hydrogen (secondary N) is 1. The van der Waals surface area contributed by atoms with Gasteiger partial charge in [-0.1, -0.05) is 72.0 Å². The molecule has 1 fully saturated rings. The lowest BCUT2D eigenvalue weighted by Crippen LogP contribution is -2.54. The van der Waals surface area contributed by atoms with Crippen molar-refractivity contribution in [3.05, 3.63) is 98.2 Å². The van der Waals surface area contributed by atoms with Crippen molar-refractivity contribution < 1.29 is 4.79 Å². The van der Waals surface area contributed by atoms with Crippen molar-refractivity contribution in [3.63, 3.8) is 0 Å². The highest BCUT2D eigenvalue weighted by molar-refractivity contribution is 7.22. The Morgan fingerprint density at radius 1 is 1.00 bits per heavy atom. The molecule has 1 aliphatic heterocycles. The number of hydrogen-bond acceptors (Lipinski definition) is 5. The monoisotopic (exact) mass is 460 g/mol. The van der Waals surface area contributed by atoms with E-state index in [0.29, 0.717) is 33.7 Å². The van der Waals surface area contributed by atoms with Crippen LogP contribution in [-0.4, -0.2) is 21.6 Å². The van der Waals surface area contributed by atoms with Crippen LogP contribution in [0.5, 0.6) is 0 Å². The smallest absolute Gasteiger partial charge is 0.333 e. The van der Waals surface area contributed by atoms with Crippen molar-refractivity contribution in [3.8, 4) is 0 Å². The number of nitrogen functional groups attached to an aromatic ring is 1. The van der Waals surface area contributed by atoms with E-state index in [1.165, 1.54) is 11.3 Å². The van der Waals surface area contributed by atoms with Gasteiger partial charge in [0.15, 0.2) is 0 Å². The summed E-state index contributed by atoms with van der Waals surface area (Å²) in [5, 5.41) is 3.64. The number of nitrogens with zero attached hydrogens (tertiary/aromatic N) is 2. The zero-order valence-electron chi connectivity index (χ0n) is 18.4. The zero-order valence-corrected chi connectivity index (χ0v) is 19.2. The fraction of sp³-hybridized carbons (Fsp3) is 0.240. The minimum atomic E-state index is -1.27. The van der Waals surface area contributed by atoms with Crippen molar-refractivity contribution >= 4 is 32.5 Å². The molecule has 0 saturated carbocycles. The van der Waals surface area contributed by atoms with Crippen LogP contribution in [0.3, 0.4) is 0 Å². The molecule has 7 nitrogen and oxygen atoms in total. The van der Waals surface area contributed by atoms with Crippen LogP contribution in [-0.2, 0) is 10.3 Å². The summed E-state index contributed by atoms with van der Waals surface area (Å²) in [7, 11) is 0. The van der Waals surface area contributed by atoms with E-state index >= 15 is 0 Å². The lowest BCUT2D eigenvalue weighted by molar-refractivity contribution is -0.126. The summed E-state index contributed by atoms with van der Waals surface area (Å²) in [6, 6.07) is 18.8. The number of benzene rings is 2. The molecule has 8 heteroatoms. The minimum Gasteiger partial charge on any atom is -0.390 e. The normalized spacial score (nSPS) is 18.2. The number of hydrogen-bond donors (Lipinski definition) is 2. The first-order valence-corrected chi connectivity index (χ1v) is 11.6. The maximum Gasteiger partial charge on any atom is 0.333 e. The molecule has 3 N–H and O–H groups in total. The number of rotatable bonds is 4. The van der Waals surface area contributed by atoms with Gasteiger partial charge in [0.1, 0.15) is 10.4 Å². The lowest BCUT2D eigenvalue weighted by Gasteiger charge is -2.27. The third-order valence-corrected chi connectivity index (χ3v) is 7.69. The fourth-order valence-corrected chi connectivity index (χ4v) is 5.78. The molecule has 0 spiro atoms. The van der Waals surface area contributed by atoms with Crippen LogP contribution in [0.4, 0.5) is 5.00 Å². The number of nitrogens with two attached hydrogens (primary N) is 1. The summed E-state index contributed by atoms with van der Waals surface area (Å²) in [6.45, 7) is 3.84. The van der Waals surface area contributed by atoms with Crippen LogP contribution in [0.25, 0.3) is 10.2 Å². The summed E-state index contributed by atoms with van der Waals surface area (Å²) in [5.41, 5.74) is 6.40. The molecule has 0 bridgehead atoms. The second-order valence-electron chi connectivity index (χ2n) is 8.57. The van der Waals surface area contributed by atoms with E-state index in [1.54, 1.807) is 18.4 Å². The predicted molar refractivity (Wildman–Crippen MR) is 131 cm³/mol. The van der Waals surface area contributed by atoms with E-state index in [2.05, 4.69) is 5.32 Å². The number of aromatic nitrogens is 2. The number of anilines is 1. The van der Waals surface area contributed by atoms with Gasteiger partial charge < -0.3 is 11.1 Å². The van der Waals surface area contributed by atoms with Gasteiger partial charge in [0, 0.05) is 6.54 Å². The molecule has 0 radical (unpaired) electrons. The quantitative estimate of drug-likeness (QED) is 0.489. The Morgan fingerprint density at radius 2 is 1.58 bits per heavy atom. The average molecular weight is 461 g/mol. The highest BCUT2D eigenvalue weighted by Crippen LogP contribution is 2.35. The molecule has 1 aliphatic rings. The molecule has 3 heterocycles. The molecule has 1 unspecified atom stereocenters. The van der Waals surface area contributed by atoms with Gasteiger partial charge in [0.05, 0.1) is 16.4 Å². The number of thiophene rings is 1. The summed E-state index contributed by atoms with van der Waals surface area (Å²) < 4.78 is 2.77. The molecule has 1 amide bonds. The first kappa shape index (κ1) is 21.2. The first-order valence-electron chi connectivity index (χ1n) is 10.8. The maximum atomic E-state index is 14.2. The van der Waals surface area contributed by atoms with E-state index in [9.17, 15) is 14.4 Å². The standard InChI is InChI=1S/C25H24N4O3S/c1-15-18-21(30)29(25(2)13-14-27-23(25)31)24(32)28(22(18)33-20(15)26)19(16-9-5-3-6-10-16)17-11-7-4-8-12-17/h3-12,19H,13-14,26H2,1-2H3,(H,27,31). The van der Waals surface area contributed by atoms with E-state index in [4.69, 9.17) is 5.73 Å². The van der Waals surface area contributed by atoms with Gasteiger partial charge in [-0.2, -0.15) is 0 Å². The molecule has 5 rings (SSSR count). The lowest BCUT2D eigenvalue weighted by atomic mass is 9.97. The van der Waals surface area contributed by atoms with Gasteiger partial charge in [0.2, 0.25) is 5.91 Å². The predicted octanol–water partition coefficient (Wildman–Crippen LogP) is 2.99. The summed E-state index contributed by atoms with van der Waals surface area (Å²) in [5.74, 6) is -0.329. The Hall–Kier alpha value is -3.65. The van der Waals surface area contributed by atoms with E-state index < -0.39 is 22.8 Å². The molecule has 0 aliphatic carbocycles.